The molecular formula is C19H19N2O2+. The zero-order valence-electron chi connectivity index (χ0n) is 12.9. The molecular weight excluding hydrogens is 288 g/mol. The number of nitrogens with one attached hydrogen (secondary N) is 1. The number of benzene rings is 2. The lowest BCUT2D eigenvalue weighted by Gasteiger charge is -2.29. The largest absolute Gasteiger partial charge is 0.320 e. The molecule has 1 fully saturated rings. The van der Waals surface area contributed by atoms with Gasteiger partial charge in [0, 0.05) is 12.0 Å². The molecule has 4 rings (SSSR count). The van der Waals surface area contributed by atoms with Crippen molar-refractivity contribution in [1.29, 1.82) is 0 Å². The van der Waals surface area contributed by atoms with Gasteiger partial charge in [-0.15, -0.1) is 0 Å². The highest BCUT2D eigenvalue weighted by Crippen LogP contribution is 2.22. The summed E-state index contributed by atoms with van der Waals surface area (Å²) >= 11 is 0. The van der Waals surface area contributed by atoms with E-state index >= 15 is 0 Å². The molecule has 2 aromatic rings. The fourth-order valence-electron chi connectivity index (χ4n) is 3.70. The lowest BCUT2D eigenvalue weighted by atomic mass is 9.98. The quantitative estimate of drug-likeness (QED) is 0.840. The Kier molecular flexibility index (Phi) is 3.46. The molecule has 0 bridgehead atoms. The molecule has 2 heterocycles. The monoisotopic (exact) mass is 307 g/mol. The molecule has 0 saturated carbocycles. The number of hydrogen-bond acceptors (Lipinski definition) is 2. The minimum absolute atomic E-state index is 0.0596. The summed E-state index contributed by atoms with van der Waals surface area (Å²) in [4.78, 5) is 27.8. The van der Waals surface area contributed by atoms with Crippen LogP contribution in [0.25, 0.3) is 0 Å². The van der Waals surface area contributed by atoms with E-state index in [1.54, 1.807) is 0 Å². The molecule has 2 aliphatic rings. The fraction of sp³-hybridized carbons (Fsp3) is 0.263. The molecule has 116 valence electrons. The van der Waals surface area contributed by atoms with Crippen LogP contribution >= 0.6 is 0 Å². The Bertz CT molecular complexity index is 757. The van der Waals surface area contributed by atoms with E-state index in [0.29, 0.717) is 12.1 Å². The summed E-state index contributed by atoms with van der Waals surface area (Å²) in [6.07, 6.45) is 1.28. The molecule has 23 heavy (non-hydrogen) atoms. The highest BCUT2D eigenvalue weighted by Gasteiger charge is 2.46. The Morgan fingerprint density at radius 2 is 1.61 bits per heavy atom. The van der Waals surface area contributed by atoms with Crippen LogP contribution in [0.5, 0.6) is 0 Å². The lowest BCUT2D eigenvalue weighted by Crippen LogP contribution is -3.16. The number of nitrogens with zero attached hydrogens (tertiary/aromatic N) is 1. The van der Waals surface area contributed by atoms with Crippen LogP contribution in [0, 0.1) is 0 Å². The third-order valence-electron chi connectivity index (χ3n) is 4.91. The normalized spacial score (nSPS) is 23.9. The van der Waals surface area contributed by atoms with Crippen molar-refractivity contribution in [2.45, 2.75) is 25.4 Å². The predicted octanol–water partition coefficient (Wildman–Crippen LogP) is 0.960. The van der Waals surface area contributed by atoms with Crippen molar-refractivity contribution in [3.8, 4) is 0 Å². The van der Waals surface area contributed by atoms with E-state index in [2.05, 4.69) is 18.2 Å². The summed E-state index contributed by atoms with van der Waals surface area (Å²) in [6.45, 7) is 1.73. The van der Waals surface area contributed by atoms with Gasteiger partial charge in [-0.2, -0.15) is 0 Å². The molecule has 2 atom stereocenters. The van der Waals surface area contributed by atoms with Crippen LogP contribution in [0.2, 0.25) is 0 Å². The van der Waals surface area contributed by atoms with Gasteiger partial charge >= 0.3 is 0 Å². The molecule has 2 aliphatic heterocycles. The van der Waals surface area contributed by atoms with Crippen LogP contribution in [-0.4, -0.2) is 24.4 Å². The van der Waals surface area contributed by atoms with Crippen LogP contribution in [0.15, 0.2) is 54.6 Å². The number of fused-ring (bicyclic) bond motifs is 1. The van der Waals surface area contributed by atoms with Crippen LogP contribution in [0.3, 0.4) is 0 Å². The molecule has 2 aromatic carbocycles. The van der Waals surface area contributed by atoms with Gasteiger partial charge in [0.05, 0.1) is 18.7 Å². The smallest absolute Gasteiger partial charge is 0.292 e. The molecule has 1 N–H and O–H groups in total. The average molecular weight is 307 g/mol. The van der Waals surface area contributed by atoms with Gasteiger partial charge in [0.1, 0.15) is 6.54 Å². The summed E-state index contributed by atoms with van der Waals surface area (Å²) in [5, 5.41) is 0. The minimum Gasteiger partial charge on any atom is -0.320 e. The second-order valence-electron chi connectivity index (χ2n) is 6.26. The van der Waals surface area contributed by atoms with Crippen molar-refractivity contribution < 1.29 is 14.5 Å². The predicted molar refractivity (Wildman–Crippen MR) is 87.0 cm³/mol. The second-order valence-corrected chi connectivity index (χ2v) is 6.26. The number of rotatable bonds is 2. The van der Waals surface area contributed by atoms with E-state index < -0.39 is 0 Å². The van der Waals surface area contributed by atoms with Gasteiger partial charge in [0.25, 0.3) is 5.91 Å². The number of anilines is 1. The Hall–Kier alpha value is -2.46. The van der Waals surface area contributed by atoms with E-state index in [0.717, 1.165) is 19.5 Å². The summed E-state index contributed by atoms with van der Waals surface area (Å²) in [6, 6.07) is 17.4. The Balaban J connectivity index is 1.58. The number of para-hydroxylation sites is 1. The minimum atomic E-state index is -0.254. The van der Waals surface area contributed by atoms with Crippen LogP contribution in [-0.2, 0) is 22.6 Å². The zero-order chi connectivity index (χ0) is 15.8. The maximum atomic E-state index is 12.8. The standard InChI is InChI=1S/C19H18N2O2/c22-18-12-17(19(23)21(18)16-8-2-1-3-9-16)20-11-10-14-6-4-5-7-15(14)13-20/h1-9,17H,10-13H2/p+1/t17-/m1/s1. The van der Waals surface area contributed by atoms with Gasteiger partial charge in [-0.25, -0.2) is 4.90 Å². The maximum Gasteiger partial charge on any atom is 0.292 e. The molecule has 4 heteroatoms. The van der Waals surface area contributed by atoms with Crippen molar-refractivity contribution in [3.63, 3.8) is 0 Å². The van der Waals surface area contributed by atoms with Gasteiger partial charge in [-0.1, -0.05) is 42.5 Å². The fourth-order valence-corrected chi connectivity index (χ4v) is 3.70. The van der Waals surface area contributed by atoms with Crippen molar-refractivity contribution >= 4 is 17.5 Å². The first-order valence-electron chi connectivity index (χ1n) is 8.07. The van der Waals surface area contributed by atoms with E-state index in [1.807, 2.05) is 36.4 Å². The van der Waals surface area contributed by atoms with E-state index in [9.17, 15) is 9.59 Å². The van der Waals surface area contributed by atoms with Crippen LogP contribution in [0.4, 0.5) is 5.69 Å². The van der Waals surface area contributed by atoms with Crippen molar-refractivity contribution in [2.75, 3.05) is 11.4 Å². The van der Waals surface area contributed by atoms with Crippen molar-refractivity contribution in [2.24, 2.45) is 0 Å². The van der Waals surface area contributed by atoms with Gasteiger partial charge in [-0.3, -0.25) is 9.59 Å². The summed E-state index contributed by atoms with van der Waals surface area (Å²) in [5.74, 6) is -0.145. The Labute approximate surface area is 135 Å². The zero-order valence-corrected chi connectivity index (χ0v) is 12.9. The maximum absolute atomic E-state index is 12.8. The van der Waals surface area contributed by atoms with Gasteiger partial charge in [-0.05, 0) is 17.7 Å². The van der Waals surface area contributed by atoms with Crippen LogP contribution < -0.4 is 9.80 Å². The van der Waals surface area contributed by atoms with Gasteiger partial charge in [0.2, 0.25) is 5.91 Å². The number of imide groups is 1. The van der Waals surface area contributed by atoms with Crippen LogP contribution in [0.1, 0.15) is 17.5 Å². The SMILES string of the molecule is O=C1C[C@@H]([NH+]2CCc3ccccc3C2)C(=O)N1c1ccccc1. The molecule has 1 unspecified atom stereocenters. The Morgan fingerprint density at radius 1 is 0.913 bits per heavy atom. The average Bonchev–Trinajstić information content (AvgIpc) is 2.90. The molecule has 1 saturated heterocycles. The first kappa shape index (κ1) is 14.2. The number of quaternary nitrogens is 1. The number of hydrogen-bond donors (Lipinski definition) is 1. The van der Waals surface area contributed by atoms with E-state index in [-0.39, 0.29) is 17.9 Å². The summed E-state index contributed by atoms with van der Waals surface area (Å²) in [5.41, 5.74) is 3.35. The van der Waals surface area contributed by atoms with E-state index in [1.165, 1.54) is 20.9 Å². The Morgan fingerprint density at radius 3 is 2.39 bits per heavy atom. The number of carbonyl (C=O) groups excluding carboxylic acids is 2. The number of amides is 2. The molecule has 0 aliphatic carbocycles. The molecule has 0 radical (unpaired) electrons. The lowest BCUT2D eigenvalue weighted by molar-refractivity contribution is -0.930. The first-order chi connectivity index (χ1) is 11.2. The summed E-state index contributed by atoms with van der Waals surface area (Å²) < 4.78 is 0. The van der Waals surface area contributed by atoms with Gasteiger partial charge in [0.15, 0.2) is 6.04 Å². The van der Waals surface area contributed by atoms with Crippen molar-refractivity contribution in [3.05, 3.63) is 65.7 Å². The third-order valence-corrected chi connectivity index (χ3v) is 4.91. The van der Waals surface area contributed by atoms with E-state index in [4.69, 9.17) is 0 Å². The molecule has 4 nitrogen and oxygen atoms in total. The highest BCUT2D eigenvalue weighted by molar-refractivity contribution is 6.21. The second kappa shape index (κ2) is 5.63. The first-order valence-corrected chi connectivity index (χ1v) is 8.07. The molecule has 2 amide bonds. The topological polar surface area (TPSA) is 41.8 Å². The molecule has 0 spiro atoms. The highest BCUT2D eigenvalue weighted by atomic mass is 16.2. The summed E-state index contributed by atoms with van der Waals surface area (Å²) in [7, 11) is 0. The molecule has 0 aromatic heterocycles. The van der Waals surface area contributed by atoms with Crippen molar-refractivity contribution in [1.82, 2.24) is 0 Å². The van der Waals surface area contributed by atoms with Gasteiger partial charge < -0.3 is 4.90 Å². The third kappa shape index (κ3) is 2.45. The number of carbonyl (C=O) groups is 2.